The number of nitrogens with zero attached hydrogens (tertiary/aromatic N) is 1. The van der Waals surface area contributed by atoms with Gasteiger partial charge in [-0.05, 0) is 44.5 Å². The van der Waals surface area contributed by atoms with Crippen molar-refractivity contribution in [3.63, 3.8) is 0 Å². The Morgan fingerprint density at radius 1 is 1.25 bits per heavy atom. The van der Waals surface area contributed by atoms with Crippen LogP contribution in [0.25, 0.3) is 0 Å². The molecule has 0 atom stereocenters. The SMILES string of the molecule is COc1cc(CCN)ccc1OCc1c(C)noc1C. The summed E-state index contributed by atoms with van der Waals surface area (Å²) in [6.07, 6.45) is 0.820. The third kappa shape index (κ3) is 3.11. The van der Waals surface area contributed by atoms with Crippen LogP contribution in [0.1, 0.15) is 22.6 Å². The van der Waals surface area contributed by atoms with Gasteiger partial charge in [0, 0.05) is 0 Å². The minimum Gasteiger partial charge on any atom is -0.493 e. The lowest BCUT2D eigenvalue weighted by Gasteiger charge is -2.12. The van der Waals surface area contributed by atoms with Gasteiger partial charge in [-0.1, -0.05) is 11.2 Å². The lowest BCUT2D eigenvalue weighted by molar-refractivity contribution is 0.281. The molecule has 20 heavy (non-hydrogen) atoms. The van der Waals surface area contributed by atoms with Crippen molar-refractivity contribution < 1.29 is 14.0 Å². The molecule has 1 aromatic heterocycles. The molecule has 2 aromatic rings. The molecular formula is C15H20N2O3. The Bertz CT molecular complexity index is 559. The second kappa shape index (κ2) is 6.43. The average Bonchev–Trinajstić information content (AvgIpc) is 2.77. The second-order valence-corrected chi connectivity index (χ2v) is 4.62. The number of ether oxygens (including phenoxy) is 2. The molecule has 0 aliphatic carbocycles. The first-order valence-corrected chi connectivity index (χ1v) is 6.57. The number of aryl methyl sites for hydroxylation is 2. The molecule has 1 aromatic carbocycles. The van der Waals surface area contributed by atoms with Crippen molar-refractivity contribution in [3.8, 4) is 11.5 Å². The van der Waals surface area contributed by atoms with Gasteiger partial charge in [0.2, 0.25) is 0 Å². The zero-order chi connectivity index (χ0) is 14.5. The van der Waals surface area contributed by atoms with Gasteiger partial charge in [0.05, 0.1) is 18.4 Å². The molecule has 0 amide bonds. The van der Waals surface area contributed by atoms with E-state index in [2.05, 4.69) is 5.16 Å². The smallest absolute Gasteiger partial charge is 0.161 e. The predicted molar refractivity (Wildman–Crippen MR) is 76.1 cm³/mol. The number of aromatic nitrogens is 1. The first-order chi connectivity index (χ1) is 9.65. The van der Waals surface area contributed by atoms with Crippen molar-refractivity contribution in [3.05, 3.63) is 40.8 Å². The Hall–Kier alpha value is -2.01. The maximum atomic E-state index is 5.81. The van der Waals surface area contributed by atoms with Crippen molar-refractivity contribution in [1.82, 2.24) is 5.16 Å². The van der Waals surface area contributed by atoms with Crippen LogP contribution in [0.2, 0.25) is 0 Å². The Morgan fingerprint density at radius 3 is 2.65 bits per heavy atom. The molecule has 0 aliphatic heterocycles. The van der Waals surface area contributed by atoms with Crippen molar-refractivity contribution >= 4 is 0 Å². The molecule has 0 aliphatic rings. The summed E-state index contributed by atoms with van der Waals surface area (Å²) in [5.41, 5.74) is 8.51. The van der Waals surface area contributed by atoms with Crippen molar-refractivity contribution in [2.45, 2.75) is 26.9 Å². The average molecular weight is 276 g/mol. The van der Waals surface area contributed by atoms with Crippen LogP contribution in [0, 0.1) is 13.8 Å². The highest BCUT2D eigenvalue weighted by Gasteiger charge is 2.11. The standard InChI is InChI=1S/C15H20N2O3/c1-10-13(11(2)20-17-10)9-19-14-5-4-12(6-7-16)8-15(14)18-3/h4-5,8H,6-7,9,16H2,1-3H3. The minimum atomic E-state index is 0.410. The highest BCUT2D eigenvalue weighted by molar-refractivity contribution is 5.43. The van der Waals surface area contributed by atoms with Crippen LogP contribution >= 0.6 is 0 Å². The molecule has 5 nitrogen and oxygen atoms in total. The predicted octanol–water partition coefficient (Wildman–Crippen LogP) is 2.38. The number of methoxy groups -OCH3 is 1. The van der Waals surface area contributed by atoms with E-state index in [1.807, 2.05) is 32.0 Å². The molecule has 0 unspecified atom stereocenters. The van der Waals surface area contributed by atoms with E-state index >= 15 is 0 Å². The number of nitrogens with two attached hydrogens (primary N) is 1. The monoisotopic (exact) mass is 276 g/mol. The number of hydrogen-bond acceptors (Lipinski definition) is 5. The fraction of sp³-hybridized carbons (Fsp3) is 0.400. The molecule has 0 fully saturated rings. The van der Waals surface area contributed by atoms with Crippen LogP contribution in [0.5, 0.6) is 11.5 Å². The fourth-order valence-corrected chi connectivity index (χ4v) is 2.01. The van der Waals surface area contributed by atoms with Gasteiger partial charge in [0.25, 0.3) is 0 Å². The maximum Gasteiger partial charge on any atom is 0.161 e. The molecule has 2 N–H and O–H groups in total. The molecule has 0 saturated heterocycles. The normalized spacial score (nSPS) is 10.6. The van der Waals surface area contributed by atoms with Crippen molar-refractivity contribution in [2.75, 3.05) is 13.7 Å². The van der Waals surface area contributed by atoms with E-state index in [4.69, 9.17) is 19.7 Å². The van der Waals surface area contributed by atoms with E-state index < -0.39 is 0 Å². The Morgan fingerprint density at radius 2 is 2.05 bits per heavy atom. The highest BCUT2D eigenvalue weighted by atomic mass is 16.5. The zero-order valence-electron chi connectivity index (χ0n) is 12.1. The third-order valence-corrected chi connectivity index (χ3v) is 3.21. The van der Waals surface area contributed by atoms with Gasteiger partial charge in [-0.15, -0.1) is 0 Å². The van der Waals surface area contributed by atoms with Gasteiger partial charge >= 0.3 is 0 Å². The quantitative estimate of drug-likeness (QED) is 0.877. The molecule has 0 spiro atoms. The van der Waals surface area contributed by atoms with E-state index in [1.54, 1.807) is 7.11 Å². The van der Waals surface area contributed by atoms with Crippen LogP contribution in [0.15, 0.2) is 22.7 Å². The summed E-state index contributed by atoms with van der Waals surface area (Å²) >= 11 is 0. The second-order valence-electron chi connectivity index (χ2n) is 4.62. The number of benzene rings is 1. The van der Waals surface area contributed by atoms with Gasteiger partial charge in [-0.25, -0.2) is 0 Å². The van der Waals surface area contributed by atoms with E-state index in [1.165, 1.54) is 0 Å². The topological polar surface area (TPSA) is 70.5 Å². The maximum absolute atomic E-state index is 5.81. The Kier molecular flexibility index (Phi) is 4.63. The largest absolute Gasteiger partial charge is 0.493 e. The summed E-state index contributed by atoms with van der Waals surface area (Å²) in [5, 5.41) is 3.91. The van der Waals surface area contributed by atoms with E-state index in [0.29, 0.717) is 24.7 Å². The molecule has 1 heterocycles. The van der Waals surface area contributed by atoms with E-state index in [-0.39, 0.29) is 0 Å². The van der Waals surface area contributed by atoms with Gasteiger partial charge in [-0.3, -0.25) is 0 Å². The molecule has 108 valence electrons. The molecule has 0 bridgehead atoms. The van der Waals surface area contributed by atoms with Gasteiger partial charge < -0.3 is 19.7 Å². The third-order valence-electron chi connectivity index (χ3n) is 3.21. The highest BCUT2D eigenvalue weighted by Crippen LogP contribution is 2.29. The van der Waals surface area contributed by atoms with Crippen LogP contribution in [-0.2, 0) is 13.0 Å². The van der Waals surface area contributed by atoms with Crippen molar-refractivity contribution in [2.24, 2.45) is 5.73 Å². The first kappa shape index (κ1) is 14.4. The van der Waals surface area contributed by atoms with Crippen LogP contribution in [0.3, 0.4) is 0 Å². The lowest BCUT2D eigenvalue weighted by Crippen LogP contribution is -2.04. The van der Waals surface area contributed by atoms with E-state index in [0.717, 1.165) is 29.0 Å². The number of hydrogen-bond donors (Lipinski definition) is 1. The lowest BCUT2D eigenvalue weighted by atomic mass is 10.1. The summed E-state index contributed by atoms with van der Waals surface area (Å²) in [7, 11) is 1.63. The molecular weight excluding hydrogens is 256 g/mol. The summed E-state index contributed by atoms with van der Waals surface area (Å²) in [5.74, 6) is 2.19. The summed E-state index contributed by atoms with van der Waals surface area (Å²) in [6, 6.07) is 5.86. The fourth-order valence-electron chi connectivity index (χ4n) is 2.01. The van der Waals surface area contributed by atoms with Gasteiger partial charge in [0.1, 0.15) is 12.4 Å². The Labute approximate surface area is 118 Å². The van der Waals surface area contributed by atoms with Crippen LogP contribution in [0.4, 0.5) is 0 Å². The summed E-state index contributed by atoms with van der Waals surface area (Å²) in [6.45, 7) is 4.80. The van der Waals surface area contributed by atoms with E-state index in [9.17, 15) is 0 Å². The van der Waals surface area contributed by atoms with Crippen LogP contribution in [-0.4, -0.2) is 18.8 Å². The summed E-state index contributed by atoms with van der Waals surface area (Å²) in [4.78, 5) is 0. The molecule has 0 radical (unpaired) electrons. The molecule has 0 saturated carbocycles. The van der Waals surface area contributed by atoms with Crippen molar-refractivity contribution in [1.29, 1.82) is 0 Å². The molecule has 5 heteroatoms. The minimum absolute atomic E-state index is 0.410. The van der Waals surface area contributed by atoms with Crippen LogP contribution < -0.4 is 15.2 Å². The molecule has 2 rings (SSSR count). The Balaban J connectivity index is 2.13. The first-order valence-electron chi connectivity index (χ1n) is 6.57. The zero-order valence-corrected chi connectivity index (χ0v) is 12.1. The number of rotatable bonds is 6. The van der Waals surface area contributed by atoms with Gasteiger partial charge in [-0.2, -0.15) is 0 Å². The summed E-state index contributed by atoms with van der Waals surface area (Å²) < 4.78 is 16.3. The van der Waals surface area contributed by atoms with Gasteiger partial charge in [0.15, 0.2) is 11.5 Å².